The summed E-state index contributed by atoms with van der Waals surface area (Å²) in [5, 5.41) is 6.24. The predicted octanol–water partition coefficient (Wildman–Crippen LogP) is 5.59. The number of rotatable bonds is 17. The molecule has 0 spiro atoms. The number of nitrogens with two attached hydrogens (primary N) is 1. The maximum Gasteiger partial charge on any atom is 0.408 e. The van der Waals surface area contributed by atoms with Gasteiger partial charge in [0.25, 0.3) is 0 Å². The Kier molecular flexibility index (Phi) is 12.4. The van der Waals surface area contributed by atoms with Crippen molar-refractivity contribution in [2.24, 2.45) is 11.7 Å². The van der Waals surface area contributed by atoms with Crippen LogP contribution in [0.4, 0.5) is 4.79 Å². The van der Waals surface area contributed by atoms with Crippen LogP contribution in [-0.4, -0.2) is 51.5 Å². The Hall–Kier alpha value is -4.77. The zero-order chi connectivity index (χ0) is 34.6. The van der Waals surface area contributed by atoms with Crippen LogP contribution in [0, 0.1) is 5.92 Å². The molecule has 5 aromatic rings. The number of benzene rings is 3. The van der Waals surface area contributed by atoms with Crippen LogP contribution in [-0.2, 0) is 44.1 Å². The van der Waals surface area contributed by atoms with Crippen LogP contribution in [0.1, 0.15) is 22.5 Å². The van der Waals surface area contributed by atoms with Crippen LogP contribution in [0.2, 0.25) is 0 Å². The smallest absolute Gasteiger partial charge is 0.408 e. The molecule has 13 heteroatoms. The van der Waals surface area contributed by atoms with Gasteiger partial charge in [-0.05, 0) is 34.9 Å². The molecule has 2 aromatic heterocycles. The highest BCUT2D eigenvalue weighted by Crippen LogP contribution is 2.48. The van der Waals surface area contributed by atoms with Crippen molar-refractivity contribution in [3.63, 3.8) is 0 Å². The van der Waals surface area contributed by atoms with Gasteiger partial charge in [-0.1, -0.05) is 78.9 Å². The number of nitrogens with one attached hydrogen (secondary N) is 3. The molecule has 2 heterocycles. The Labute approximate surface area is 288 Å². The zero-order valence-electron chi connectivity index (χ0n) is 26.7. The molecule has 49 heavy (non-hydrogen) atoms. The molecule has 0 saturated heterocycles. The third kappa shape index (κ3) is 10.4. The molecule has 11 nitrogen and oxygen atoms in total. The SMILES string of the molecule is NC(=O)[C@H](Cc1c[nH]c2ccccc12)NC(=O)C(CSCc1ccco1)CP(=O)(O)[C@H](Cc1ccccc1)NC(=O)OCc1ccccc1. The van der Waals surface area contributed by atoms with E-state index in [2.05, 4.69) is 15.6 Å². The van der Waals surface area contributed by atoms with Gasteiger partial charge in [0.1, 0.15) is 24.2 Å². The number of primary amides is 1. The van der Waals surface area contributed by atoms with E-state index >= 15 is 0 Å². The predicted molar refractivity (Wildman–Crippen MR) is 190 cm³/mol. The molecule has 0 aliphatic carbocycles. The second-order valence-electron chi connectivity index (χ2n) is 11.7. The second-order valence-corrected chi connectivity index (χ2v) is 15.2. The van der Waals surface area contributed by atoms with E-state index in [1.807, 2.05) is 48.5 Å². The van der Waals surface area contributed by atoms with E-state index in [4.69, 9.17) is 14.9 Å². The molecule has 5 rings (SSSR count). The quantitative estimate of drug-likeness (QED) is 0.0779. The Morgan fingerprint density at radius 1 is 0.898 bits per heavy atom. The molecule has 0 saturated carbocycles. The lowest BCUT2D eigenvalue weighted by Crippen LogP contribution is -2.49. The summed E-state index contributed by atoms with van der Waals surface area (Å²) in [7, 11) is -4.31. The van der Waals surface area contributed by atoms with Gasteiger partial charge in [0.15, 0.2) is 0 Å². The van der Waals surface area contributed by atoms with Gasteiger partial charge in [-0.3, -0.25) is 14.2 Å². The number of aromatic amines is 1. The molecular weight excluding hydrogens is 663 g/mol. The molecule has 2 unspecified atom stereocenters. The minimum Gasteiger partial charge on any atom is -0.468 e. The lowest BCUT2D eigenvalue weighted by Gasteiger charge is -2.28. The maximum absolute atomic E-state index is 14.2. The molecular formula is C36H39N4O7PS. The first kappa shape index (κ1) is 35.5. The van der Waals surface area contributed by atoms with Gasteiger partial charge in [0, 0.05) is 41.9 Å². The maximum atomic E-state index is 14.2. The van der Waals surface area contributed by atoms with Gasteiger partial charge in [0.2, 0.25) is 19.2 Å². The van der Waals surface area contributed by atoms with Crippen LogP contribution in [0.15, 0.2) is 114 Å². The summed E-state index contributed by atoms with van der Waals surface area (Å²) in [4.78, 5) is 54.2. The molecule has 0 fully saturated rings. The van der Waals surface area contributed by atoms with Gasteiger partial charge in [-0.2, -0.15) is 11.8 Å². The van der Waals surface area contributed by atoms with Crippen molar-refractivity contribution in [1.29, 1.82) is 0 Å². The van der Waals surface area contributed by atoms with Gasteiger partial charge in [-0.15, -0.1) is 0 Å². The highest BCUT2D eigenvalue weighted by Gasteiger charge is 2.38. The number of H-pyrrole nitrogens is 1. The van der Waals surface area contributed by atoms with Crippen molar-refractivity contribution in [2.75, 3.05) is 11.9 Å². The fourth-order valence-electron chi connectivity index (χ4n) is 5.42. The molecule has 3 aromatic carbocycles. The number of hydrogen-bond acceptors (Lipinski definition) is 7. The topological polar surface area (TPSA) is 177 Å². The Morgan fingerprint density at radius 2 is 1.59 bits per heavy atom. The number of furan rings is 1. The number of amides is 3. The first-order valence-corrected chi connectivity index (χ1v) is 18.8. The molecule has 0 bridgehead atoms. The summed E-state index contributed by atoms with van der Waals surface area (Å²) < 4.78 is 25.0. The van der Waals surface area contributed by atoms with Crippen LogP contribution in [0.3, 0.4) is 0 Å². The van der Waals surface area contributed by atoms with E-state index in [-0.39, 0.29) is 25.2 Å². The van der Waals surface area contributed by atoms with Gasteiger partial charge in [0.05, 0.1) is 17.9 Å². The number of ether oxygens (including phenoxy) is 1. The van der Waals surface area contributed by atoms with Crippen LogP contribution < -0.4 is 16.4 Å². The lowest BCUT2D eigenvalue weighted by atomic mass is 10.0. The molecule has 0 aliphatic heterocycles. The van der Waals surface area contributed by atoms with E-state index < -0.39 is 49.2 Å². The zero-order valence-corrected chi connectivity index (χ0v) is 28.4. The average molecular weight is 703 g/mol. The van der Waals surface area contributed by atoms with Crippen molar-refractivity contribution in [1.82, 2.24) is 15.6 Å². The van der Waals surface area contributed by atoms with E-state index in [9.17, 15) is 23.8 Å². The molecule has 0 radical (unpaired) electrons. The number of carbonyl (C=O) groups excluding carboxylic acids is 3. The summed E-state index contributed by atoms with van der Waals surface area (Å²) in [5.74, 6) is -2.41. The van der Waals surface area contributed by atoms with Gasteiger partial charge < -0.3 is 35.4 Å². The number of hydrogen-bond donors (Lipinski definition) is 5. The summed E-state index contributed by atoms with van der Waals surface area (Å²) in [6.45, 7) is -0.0279. The minimum atomic E-state index is -4.31. The van der Waals surface area contributed by atoms with Crippen molar-refractivity contribution >= 4 is 47.9 Å². The third-order valence-electron chi connectivity index (χ3n) is 8.01. The summed E-state index contributed by atoms with van der Waals surface area (Å²) in [6, 6.07) is 28.1. The molecule has 6 N–H and O–H groups in total. The summed E-state index contributed by atoms with van der Waals surface area (Å²) in [5.41, 5.74) is 8.88. The fourth-order valence-corrected chi connectivity index (χ4v) is 8.61. The third-order valence-corrected chi connectivity index (χ3v) is 11.4. The number of para-hydroxylation sites is 1. The van der Waals surface area contributed by atoms with Gasteiger partial charge >= 0.3 is 6.09 Å². The number of thioether (sulfide) groups is 1. The Morgan fingerprint density at radius 3 is 2.29 bits per heavy atom. The first-order valence-electron chi connectivity index (χ1n) is 15.8. The van der Waals surface area contributed by atoms with Gasteiger partial charge in [-0.25, -0.2) is 4.79 Å². The standard InChI is InChI=1S/C36H39N4O7PS/c37-34(41)32(19-27-20-38-31-16-8-7-15-30(27)31)39-35(42)28(23-49-24-29-14-9-17-46-29)22-48(44,45)33(18-25-10-3-1-4-11-25)40-36(43)47-21-26-12-5-2-6-13-26/h1-17,20,28,32-33,38H,18-19,21-24H2,(H2,37,41)(H,39,42)(H,40,43)(H,44,45)/t28?,32-,33+/m0/s1. The lowest BCUT2D eigenvalue weighted by molar-refractivity contribution is -0.129. The van der Waals surface area contributed by atoms with Crippen molar-refractivity contribution < 1.29 is 33.0 Å². The fraction of sp³-hybridized carbons (Fsp3) is 0.250. The first-order chi connectivity index (χ1) is 23.7. The minimum absolute atomic E-state index is 0.0212. The van der Waals surface area contributed by atoms with E-state index in [0.29, 0.717) is 17.1 Å². The van der Waals surface area contributed by atoms with E-state index in [1.165, 1.54) is 11.8 Å². The number of carbonyl (C=O) groups is 3. The summed E-state index contributed by atoms with van der Waals surface area (Å²) >= 11 is 1.35. The molecule has 4 atom stereocenters. The Bertz CT molecular complexity index is 1870. The van der Waals surface area contributed by atoms with Crippen LogP contribution in [0.5, 0.6) is 0 Å². The Balaban J connectivity index is 1.34. The number of fused-ring (bicyclic) bond motifs is 1. The highest BCUT2D eigenvalue weighted by atomic mass is 32.2. The van der Waals surface area contributed by atoms with E-state index in [0.717, 1.165) is 22.0 Å². The van der Waals surface area contributed by atoms with Crippen LogP contribution in [0.25, 0.3) is 10.9 Å². The average Bonchev–Trinajstić information content (AvgIpc) is 3.77. The van der Waals surface area contributed by atoms with Crippen LogP contribution >= 0.6 is 19.1 Å². The van der Waals surface area contributed by atoms with E-state index in [1.54, 1.807) is 61.0 Å². The molecule has 3 amide bonds. The van der Waals surface area contributed by atoms with Crippen molar-refractivity contribution in [2.45, 2.75) is 37.0 Å². The monoisotopic (exact) mass is 702 g/mol. The summed E-state index contributed by atoms with van der Waals surface area (Å²) in [6.07, 6.45) is 2.12. The number of aromatic nitrogens is 1. The highest BCUT2D eigenvalue weighted by molar-refractivity contribution is 7.98. The molecule has 256 valence electrons. The molecule has 0 aliphatic rings. The second kappa shape index (κ2) is 17.1. The van der Waals surface area contributed by atoms with Crippen molar-refractivity contribution in [3.8, 4) is 0 Å². The number of alkyl carbamates (subject to hydrolysis) is 1. The normalized spacial score (nSPS) is 14.3. The van der Waals surface area contributed by atoms with Crippen molar-refractivity contribution in [3.05, 3.63) is 132 Å². The largest absolute Gasteiger partial charge is 0.468 e.